The molecule has 0 aromatic carbocycles. The van der Waals surface area contributed by atoms with Crippen molar-refractivity contribution in [2.75, 3.05) is 12.4 Å². The second kappa shape index (κ2) is 6.92. The average Bonchev–Trinajstić information content (AvgIpc) is 3.38. The van der Waals surface area contributed by atoms with E-state index in [0.29, 0.717) is 50.9 Å². The number of rotatable bonds is 4. The van der Waals surface area contributed by atoms with Crippen molar-refractivity contribution in [2.45, 2.75) is 25.8 Å². The fourth-order valence-electron chi connectivity index (χ4n) is 2.57. The van der Waals surface area contributed by atoms with Gasteiger partial charge in [0.05, 0.1) is 13.3 Å². The average molecular weight is 383 g/mol. The summed E-state index contributed by atoms with van der Waals surface area (Å²) in [4.78, 5) is 25.1. The highest BCUT2D eigenvalue weighted by Crippen LogP contribution is 2.25. The molecule has 4 rings (SSSR count). The van der Waals surface area contributed by atoms with Crippen LogP contribution >= 0.6 is 12.2 Å². The van der Waals surface area contributed by atoms with Gasteiger partial charge in [0, 0.05) is 12.1 Å². The van der Waals surface area contributed by atoms with Gasteiger partial charge in [-0.2, -0.15) is 0 Å². The second-order valence-corrected chi connectivity index (χ2v) is 6.65. The number of carbonyl (C=O) groups excluding carboxylic acids is 1. The predicted octanol–water partition coefficient (Wildman–Crippen LogP) is 2.83. The molecule has 138 valence electrons. The Bertz CT molecular complexity index is 1040. The highest BCUT2D eigenvalue weighted by Gasteiger charge is 2.22. The van der Waals surface area contributed by atoms with Crippen LogP contribution < -0.4 is 10.6 Å². The van der Waals surface area contributed by atoms with Gasteiger partial charge >= 0.3 is 5.97 Å². The molecule has 0 radical (unpaired) electrons. The zero-order chi connectivity index (χ0) is 19.0. The molecule has 2 N–H and O–H groups in total. The molecule has 0 saturated heterocycles. The normalized spacial score (nSPS) is 13.4. The number of hydrogen-bond acceptors (Lipinski definition) is 7. The number of furan rings is 1. The van der Waals surface area contributed by atoms with Crippen LogP contribution in [0.5, 0.6) is 0 Å². The van der Waals surface area contributed by atoms with E-state index < -0.39 is 5.97 Å². The Balaban J connectivity index is 1.62. The maximum atomic E-state index is 11.8. The number of nitrogens with one attached hydrogen (secondary N) is 2. The van der Waals surface area contributed by atoms with E-state index in [4.69, 9.17) is 21.4 Å². The highest BCUT2D eigenvalue weighted by molar-refractivity contribution is 7.80. The molecule has 1 saturated carbocycles. The quantitative estimate of drug-likeness (QED) is 0.520. The number of hydrogen-bond donors (Lipinski definition) is 2. The van der Waals surface area contributed by atoms with Crippen molar-refractivity contribution in [3.63, 3.8) is 0 Å². The molecule has 1 fully saturated rings. The Morgan fingerprint density at radius 2 is 2.15 bits per heavy atom. The van der Waals surface area contributed by atoms with Crippen LogP contribution in [0.3, 0.4) is 0 Å². The van der Waals surface area contributed by atoms with E-state index >= 15 is 0 Å². The lowest BCUT2D eigenvalue weighted by molar-refractivity contribution is 0.0599. The first kappa shape index (κ1) is 17.3. The number of fused-ring (bicyclic) bond motifs is 1. The lowest BCUT2D eigenvalue weighted by Gasteiger charge is -2.09. The molecule has 27 heavy (non-hydrogen) atoms. The molecule has 8 nitrogen and oxygen atoms in total. The lowest BCUT2D eigenvalue weighted by Crippen LogP contribution is -2.30. The summed E-state index contributed by atoms with van der Waals surface area (Å²) in [5.74, 6) is 1.00. The third-order valence-corrected chi connectivity index (χ3v) is 4.36. The number of nitrogens with zero attached hydrogens (tertiary/aromatic N) is 3. The number of methoxy groups -OCH3 is 1. The van der Waals surface area contributed by atoms with Gasteiger partial charge in [0.25, 0.3) is 0 Å². The molecule has 0 spiro atoms. The number of thiocarbonyl (C=S) groups is 1. The first-order valence-corrected chi connectivity index (χ1v) is 8.85. The highest BCUT2D eigenvalue weighted by atomic mass is 32.1. The van der Waals surface area contributed by atoms with Gasteiger partial charge in [0.1, 0.15) is 28.4 Å². The fourth-order valence-corrected chi connectivity index (χ4v) is 2.84. The Morgan fingerprint density at radius 3 is 2.89 bits per heavy atom. The standard InChI is InChI=1S/C18H17N5O3S/c1-9-11(17(24)25-2)7-14(26-9)13-8-19-12-5-6-15(22-16(12)21-13)23-18(27)20-10-3-4-10/h5-8,10H,3-4H2,1-2H3,(H2,20,21,22,23,27). The molecule has 1 aliphatic carbocycles. The molecule has 9 heteroatoms. The summed E-state index contributed by atoms with van der Waals surface area (Å²) in [7, 11) is 1.32. The van der Waals surface area contributed by atoms with E-state index in [2.05, 4.69) is 25.6 Å². The number of aryl methyl sites for hydroxylation is 1. The molecule has 1 aliphatic rings. The van der Waals surface area contributed by atoms with E-state index in [1.807, 2.05) is 6.07 Å². The summed E-state index contributed by atoms with van der Waals surface area (Å²) in [6.07, 6.45) is 3.85. The molecule has 3 heterocycles. The number of aromatic nitrogens is 3. The smallest absolute Gasteiger partial charge is 0.341 e. The van der Waals surface area contributed by atoms with Gasteiger partial charge in [0.15, 0.2) is 16.5 Å². The number of pyridine rings is 1. The van der Waals surface area contributed by atoms with Crippen molar-refractivity contribution in [1.82, 2.24) is 20.3 Å². The second-order valence-electron chi connectivity index (χ2n) is 6.24. The van der Waals surface area contributed by atoms with Crippen LogP contribution in [-0.2, 0) is 4.74 Å². The first-order chi connectivity index (χ1) is 13.0. The van der Waals surface area contributed by atoms with Gasteiger partial charge in [-0.15, -0.1) is 0 Å². The van der Waals surface area contributed by atoms with Crippen LogP contribution in [0.15, 0.2) is 28.8 Å². The van der Waals surface area contributed by atoms with Crippen molar-refractivity contribution >= 4 is 40.3 Å². The van der Waals surface area contributed by atoms with E-state index in [1.54, 1.807) is 25.3 Å². The maximum absolute atomic E-state index is 11.8. The lowest BCUT2D eigenvalue weighted by atomic mass is 10.2. The monoisotopic (exact) mass is 383 g/mol. The van der Waals surface area contributed by atoms with E-state index in [-0.39, 0.29) is 0 Å². The summed E-state index contributed by atoms with van der Waals surface area (Å²) >= 11 is 5.27. The van der Waals surface area contributed by atoms with E-state index in [9.17, 15) is 4.79 Å². The van der Waals surface area contributed by atoms with Crippen molar-refractivity contribution < 1.29 is 13.9 Å². The van der Waals surface area contributed by atoms with Gasteiger partial charge < -0.3 is 19.8 Å². The van der Waals surface area contributed by atoms with Gasteiger partial charge in [-0.3, -0.25) is 4.98 Å². The van der Waals surface area contributed by atoms with Crippen molar-refractivity contribution in [1.29, 1.82) is 0 Å². The first-order valence-electron chi connectivity index (χ1n) is 8.44. The minimum atomic E-state index is -0.461. The van der Waals surface area contributed by atoms with E-state index in [1.165, 1.54) is 7.11 Å². The largest absolute Gasteiger partial charge is 0.465 e. The Labute approximate surface area is 160 Å². The van der Waals surface area contributed by atoms with Gasteiger partial charge in [-0.25, -0.2) is 14.8 Å². The number of anilines is 1. The van der Waals surface area contributed by atoms with Crippen LogP contribution in [0.4, 0.5) is 5.82 Å². The third kappa shape index (κ3) is 3.72. The van der Waals surface area contributed by atoms with Crippen LogP contribution in [0.25, 0.3) is 22.6 Å². The molecule has 0 amide bonds. The van der Waals surface area contributed by atoms with Gasteiger partial charge in [-0.1, -0.05) is 0 Å². The van der Waals surface area contributed by atoms with Crippen molar-refractivity contribution in [2.24, 2.45) is 0 Å². The SMILES string of the molecule is COC(=O)c1cc(-c2cnc3ccc(NC(=S)NC4CC4)nc3n2)oc1C. The summed E-state index contributed by atoms with van der Waals surface area (Å²) in [5, 5.41) is 6.80. The maximum Gasteiger partial charge on any atom is 0.341 e. The molecule has 0 bridgehead atoms. The van der Waals surface area contributed by atoms with Gasteiger partial charge in [0.2, 0.25) is 0 Å². The molecule has 0 atom stereocenters. The number of esters is 1. The van der Waals surface area contributed by atoms with Crippen molar-refractivity contribution in [3.05, 3.63) is 35.7 Å². The molecular weight excluding hydrogens is 366 g/mol. The van der Waals surface area contributed by atoms with Gasteiger partial charge in [-0.05, 0) is 44.1 Å². The fraction of sp³-hybridized carbons (Fsp3) is 0.278. The predicted molar refractivity (Wildman–Crippen MR) is 103 cm³/mol. The topological polar surface area (TPSA) is 102 Å². The van der Waals surface area contributed by atoms with E-state index in [0.717, 1.165) is 12.8 Å². The van der Waals surface area contributed by atoms with Crippen LogP contribution in [0.1, 0.15) is 29.0 Å². The van der Waals surface area contributed by atoms with Crippen LogP contribution in [0, 0.1) is 6.92 Å². The molecule has 3 aromatic heterocycles. The van der Waals surface area contributed by atoms with Crippen molar-refractivity contribution in [3.8, 4) is 11.5 Å². The molecule has 3 aromatic rings. The summed E-state index contributed by atoms with van der Waals surface area (Å²) in [6.45, 7) is 1.69. The summed E-state index contributed by atoms with van der Waals surface area (Å²) in [6, 6.07) is 5.66. The molecule has 0 unspecified atom stereocenters. The number of carbonyl (C=O) groups is 1. The third-order valence-electron chi connectivity index (χ3n) is 4.14. The Morgan fingerprint density at radius 1 is 1.33 bits per heavy atom. The Hall–Kier alpha value is -3.07. The van der Waals surface area contributed by atoms with Crippen LogP contribution in [0.2, 0.25) is 0 Å². The molecule has 0 aliphatic heterocycles. The molecular formula is C18H17N5O3S. The minimum Gasteiger partial charge on any atom is -0.465 e. The zero-order valence-corrected chi connectivity index (χ0v) is 15.6. The summed E-state index contributed by atoms with van der Waals surface area (Å²) in [5.41, 5.74) is 1.92. The Kier molecular flexibility index (Phi) is 4.44. The zero-order valence-electron chi connectivity index (χ0n) is 14.8. The number of ether oxygens (including phenoxy) is 1. The minimum absolute atomic E-state index is 0.356. The van der Waals surface area contributed by atoms with Crippen LogP contribution in [-0.4, -0.2) is 39.2 Å². The summed E-state index contributed by atoms with van der Waals surface area (Å²) < 4.78 is 10.4.